The average molecular weight is 334 g/mol. The largest absolute Gasteiger partial charge is 0.469 e. The molecule has 0 bridgehead atoms. The number of aliphatic hydroxyl groups is 1. The number of benzene rings is 1. The van der Waals surface area contributed by atoms with E-state index < -0.39 is 27.3 Å². The van der Waals surface area contributed by atoms with E-state index in [1.807, 2.05) is 0 Å². The van der Waals surface area contributed by atoms with Gasteiger partial charge in [-0.15, -0.1) is 0 Å². The van der Waals surface area contributed by atoms with E-state index in [2.05, 4.69) is 4.72 Å². The predicted molar refractivity (Wildman–Crippen MR) is 74.9 cm³/mol. The molecular weight excluding hydrogens is 321 g/mol. The van der Waals surface area contributed by atoms with Crippen LogP contribution in [0.2, 0.25) is 5.02 Å². The normalized spacial score (nSPS) is 11.8. The molecule has 5 nitrogen and oxygen atoms in total. The second-order valence-electron chi connectivity index (χ2n) is 4.26. The van der Waals surface area contributed by atoms with Gasteiger partial charge in [0.05, 0.1) is 12.9 Å². The van der Waals surface area contributed by atoms with E-state index in [1.54, 1.807) is 12.1 Å². The second-order valence-corrected chi connectivity index (χ2v) is 6.43. The van der Waals surface area contributed by atoms with Gasteiger partial charge in [0.15, 0.2) is 0 Å². The maximum absolute atomic E-state index is 14.0. The fourth-order valence-electron chi connectivity index (χ4n) is 1.77. The first kappa shape index (κ1) is 16.0. The summed E-state index contributed by atoms with van der Waals surface area (Å²) in [6.45, 7) is -0.586. The highest BCUT2D eigenvalue weighted by Gasteiger charge is 2.22. The third-order valence-corrected chi connectivity index (χ3v) is 4.46. The molecule has 0 aliphatic carbocycles. The van der Waals surface area contributed by atoms with Crippen LogP contribution in [0.4, 0.5) is 4.39 Å². The number of rotatable bonds is 6. The summed E-state index contributed by atoms with van der Waals surface area (Å²) in [5.41, 5.74) is -0.172. The first-order valence-corrected chi connectivity index (χ1v) is 7.91. The van der Waals surface area contributed by atoms with Crippen molar-refractivity contribution in [2.45, 2.75) is 17.9 Å². The lowest BCUT2D eigenvalue weighted by Crippen LogP contribution is -2.27. The van der Waals surface area contributed by atoms with Crippen molar-refractivity contribution in [1.82, 2.24) is 4.72 Å². The molecule has 2 rings (SSSR count). The lowest BCUT2D eigenvalue weighted by atomic mass is 10.2. The van der Waals surface area contributed by atoms with Crippen molar-refractivity contribution in [2.75, 3.05) is 6.54 Å². The number of aliphatic hydroxyl groups excluding tert-OH is 1. The van der Waals surface area contributed by atoms with Gasteiger partial charge in [0, 0.05) is 23.6 Å². The Labute approximate surface area is 126 Å². The van der Waals surface area contributed by atoms with Crippen molar-refractivity contribution in [3.8, 4) is 0 Å². The minimum atomic E-state index is -4.06. The van der Waals surface area contributed by atoms with Crippen molar-refractivity contribution in [3.05, 3.63) is 52.7 Å². The Kier molecular flexibility index (Phi) is 5.00. The molecule has 1 aromatic heterocycles. The number of nitrogens with one attached hydrogen (secondary N) is 1. The summed E-state index contributed by atoms with van der Waals surface area (Å²) in [5, 5.41) is 9.04. The monoisotopic (exact) mass is 333 g/mol. The van der Waals surface area contributed by atoms with E-state index >= 15 is 0 Å². The van der Waals surface area contributed by atoms with E-state index in [4.69, 9.17) is 21.1 Å². The van der Waals surface area contributed by atoms with E-state index in [0.29, 0.717) is 12.2 Å². The Bertz CT molecular complexity index is 716. The van der Waals surface area contributed by atoms with Gasteiger partial charge in [-0.2, -0.15) is 0 Å². The van der Waals surface area contributed by atoms with Gasteiger partial charge in [0.2, 0.25) is 10.0 Å². The fraction of sp³-hybridized carbons (Fsp3) is 0.231. The highest BCUT2D eigenvalue weighted by molar-refractivity contribution is 7.89. The molecule has 0 aliphatic rings. The van der Waals surface area contributed by atoms with Crippen LogP contribution in [0.5, 0.6) is 0 Å². The summed E-state index contributed by atoms with van der Waals surface area (Å²) in [4.78, 5) is -0.585. The van der Waals surface area contributed by atoms with Gasteiger partial charge in [-0.25, -0.2) is 17.5 Å². The quantitative estimate of drug-likeness (QED) is 0.848. The number of hydrogen-bond donors (Lipinski definition) is 2. The van der Waals surface area contributed by atoms with Crippen LogP contribution in [-0.4, -0.2) is 20.1 Å². The van der Waals surface area contributed by atoms with E-state index in [-0.39, 0.29) is 17.1 Å². The lowest BCUT2D eigenvalue weighted by molar-refractivity contribution is 0.274. The zero-order chi connectivity index (χ0) is 15.5. The van der Waals surface area contributed by atoms with Crippen LogP contribution in [0.3, 0.4) is 0 Å². The average Bonchev–Trinajstić information content (AvgIpc) is 2.93. The van der Waals surface area contributed by atoms with Crippen LogP contribution >= 0.6 is 11.6 Å². The zero-order valence-corrected chi connectivity index (χ0v) is 12.4. The van der Waals surface area contributed by atoms with Gasteiger partial charge < -0.3 is 9.52 Å². The molecule has 1 aromatic carbocycles. The van der Waals surface area contributed by atoms with Crippen LogP contribution in [0.1, 0.15) is 11.3 Å². The number of hydrogen-bond acceptors (Lipinski definition) is 4. The van der Waals surface area contributed by atoms with Crippen molar-refractivity contribution in [1.29, 1.82) is 0 Å². The summed E-state index contributed by atoms with van der Waals surface area (Å²) < 4.78 is 45.5. The van der Waals surface area contributed by atoms with Gasteiger partial charge in [-0.05, 0) is 24.3 Å². The Balaban J connectivity index is 2.17. The van der Waals surface area contributed by atoms with Crippen molar-refractivity contribution in [2.24, 2.45) is 0 Å². The molecule has 1 heterocycles. The Morgan fingerprint density at radius 1 is 1.38 bits per heavy atom. The third kappa shape index (κ3) is 3.82. The highest BCUT2D eigenvalue weighted by Crippen LogP contribution is 2.23. The summed E-state index contributed by atoms with van der Waals surface area (Å²) >= 11 is 5.74. The van der Waals surface area contributed by atoms with E-state index in [0.717, 1.165) is 6.07 Å². The van der Waals surface area contributed by atoms with Gasteiger partial charge in [0.25, 0.3) is 0 Å². The van der Waals surface area contributed by atoms with Crippen molar-refractivity contribution >= 4 is 21.6 Å². The van der Waals surface area contributed by atoms with Crippen molar-refractivity contribution < 1.29 is 22.3 Å². The van der Waals surface area contributed by atoms with Gasteiger partial charge in [0.1, 0.15) is 16.5 Å². The van der Waals surface area contributed by atoms with Gasteiger partial charge >= 0.3 is 0 Å². The summed E-state index contributed by atoms with van der Waals surface area (Å²) in [5.74, 6) is -0.396. The topological polar surface area (TPSA) is 79.5 Å². The molecule has 0 amide bonds. The fourth-order valence-corrected chi connectivity index (χ4v) is 3.25. The number of sulfonamides is 1. The standard InChI is InChI=1S/C13H13ClFNO4S/c14-10-6-9(8-17)13(15)12(7-10)21(18,19)16-4-3-11-2-1-5-20-11/h1-2,5-7,16-17H,3-4,8H2. The van der Waals surface area contributed by atoms with Crippen LogP contribution in [0, 0.1) is 5.82 Å². The minimum absolute atomic E-state index is 0.0341. The molecule has 0 spiro atoms. The number of halogens is 2. The van der Waals surface area contributed by atoms with E-state index in [9.17, 15) is 12.8 Å². The summed E-state index contributed by atoms with van der Waals surface area (Å²) in [6, 6.07) is 5.58. The molecule has 0 fully saturated rings. The van der Waals surface area contributed by atoms with Crippen LogP contribution in [0.15, 0.2) is 39.8 Å². The van der Waals surface area contributed by atoms with Crippen LogP contribution in [0.25, 0.3) is 0 Å². The minimum Gasteiger partial charge on any atom is -0.469 e. The highest BCUT2D eigenvalue weighted by atomic mass is 35.5. The third-order valence-electron chi connectivity index (χ3n) is 2.78. The summed E-state index contributed by atoms with van der Waals surface area (Å²) in [7, 11) is -4.06. The lowest BCUT2D eigenvalue weighted by Gasteiger charge is -2.10. The molecule has 0 aliphatic heterocycles. The Morgan fingerprint density at radius 3 is 2.76 bits per heavy atom. The molecule has 21 heavy (non-hydrogen) atoms. The summed E-state index contributed by atoms with van der Waals surface area (Å²) in [6.07, 6.45) is 1.81. The molecule has 114 valence electrons. The first-order valence-electron chi connectivity index (χ1n) is 6.05. The second kappa shape index (κ2) is 6.57. The van der Waals surface area contributed by atoms with Crippen molar-refractivity contribution in [3.63, 3.8) is 0 Å². The maximum atomic E-state index is 14.0. The van der Waals surface area contributed by atoms with E-state index in [1.165, 1.54) is 12.3 Å². The maximum Gasteiger partial charge on any atom is 0.243 e. The smallest absolute Gasteiger partial charge is 0.243 e. The molecular formula is C13H13ClFNO4S. The van der Waals surface area contributed by atoms with Crippen LogP contribution in [-0.2, 0) is 23.1 Å². The Morgan fingerprint density at radius 2 is 2.14 bits per heavy atom. The molecule has 0 unspecified atom stereocenters. The SMILES string of the molecule is O=S(=O)(NCCc1ccco1)c1cc(Cl)cc(CO)c1F. The molecule has 0 saturated carbocycles. The first-order chi connectivity index (χ1) is 9.94. The van der Waals surface area contributed by atoms with Gasteiger partial charge in [-0.3, -0.25) is 0 Å². The molecule has 0 radical (unpaired) electrons. The Hall–Kier alpha value is -1.41. The molecule has 8 heteroatoms. The molecule has 2 N–H and O–H groups in total. The number of furan rings is 1. The van der Waals surface area contributed by atoms with Gasteiger partial charge in [-0.1, -0.05) is 11.6 Å². The molecule has 2 aromatic rings. The predicted octanol–water partition coefficient (Wildman–Crippen LogP) is 2.09. The zero-order valence-electron chi connectivity index (χ0n) is 10.8. The molecule has 0 saturated heterocycles. The molecule has 0 atom stereocenters. The van der Waals surface area contributed by atoms with Crippen LogP contribution < -0.4 is 4.72 Å².